The van der Waals surface area contributed by atoms with Gasteiger partial charge in [-0.15, -0.1) is 0 Å². The van der Waals surface area contributed by atoms with Gasteiger partial charge in [-0.1, -0.05) is 30.3 Å². The van der Waals surface area contributed by atoms with Crippen molar-refractivity contribution in [3.63, 3.8) is 0 Å². The van der Waals surface area contributed by atoms with Crippen LogP contribution < -0.4 is 15.4 Å². The molecule has 0 saturated heterocycles. The summed E-state index contributed by atoms with van der Waals surface area (Å²) >= 11 is 0. The number of anilines is 1. The van der Waals surface area contributed by atoms with Gasteiger partial charge in [0.15, 0.2) is 0 Å². The summed E-state index contributed by atoms with van der Waals surface area (Å²) in [7, 11) is 1.61. The van der Waals surface area contributed by atoms with Crippen molar-refractivity contribution in [3.8, 4) is 11.5 Å². The van der Waals surface area contributed by atoms with Crippen LogP contribution in [0.3, 0.4) is 0 Å². The number of phenols is 1. The number of carbonyl (C=O) groups excluding carboxylic acids is 1. The van der Waals surface area contributed by atoms with E-state index in [-0.39, 0.29) is 24.0 Å². The number of carbonyl (C=O) groups is 1. The van der Waals surface area contributed by atoms with E-state index in [0.717, 1.165) is 16.7 Å². The highest BCUT2D eigenvalue weighted by Gasteiger charge is 2.23. The summed E-state index contributed by atoms with van der Waals surface area (Å²) < 4.78 is 5.26. The predicted octanol–water partition coefficient (Wildman–Crippen LogP) is 3.49. The quantitative estimate of drug-likeness (QED) is 0.340. The van der Waals surface area contributed by atoms with Crippen molar-refractivity contribution in [2.24, 2.45) is 0 Å². The molecule has 8 heteroatoms. The molecular weight excluding hydrogens is 418 g/mol. The number of amides is 1. The number of hydrogen-bond acceptors (Lipinski definition) is 7. The molecule has 4 rings (SSSR count). The molecule has 0 aliphatic rings. The van der Waals surface area contributed by atoms with Crippen LogP contribution in [-0.4, -0.2) is 46.2 Å². The highest BCUT2D eigenvalue weighted by molar-refractivity contribution is 5.86. The minimum Gasteiger partial charge on any atom is -0.505 e. The van der Waals surface area contributed by atoms with Gasteiger partial charge < -0.3 is 20.5 Å². The third-order valence-corrected chi connectivity index (χ3v) is 5.36. The van der Waals surface area contributed by atoms with Crippen molar-refractivity contribution in [2.45, 2.75) is 12.3 Å². The lowest BCUT2D eigenvalue weighted by Gasteiger charge is -2.20. The number of hydrogen-bond donors (Lipinski definition) is 3. The average molecular weight is 444 g/mol. The van der Waals surface area contributed by atoms with E-state index < -0.39 is 0 Å². The molecule has 0 aliphatic heterocycles. The third kappa shape index (κ3) is 5.35. The van der Waals surface area contributed by atoms with Gasteiger partial charge in [-0.25, -0.2) is 9.97 Å². The molecule has 0 saturated carbocycles. The maximum atomic E-state index is 12.8. The van der Waals surface area contributed by atoms with Crippen molar-refractivity contribution >= 4 is 22.8 Å². The first-order valence-corrected chi connectivity index (χ1v) is 10.6. The molecule has 1 atom stereocenters. The molecule has 0 aliphatic carbocycles. The Balaban J connectivity index is 1.52. The van der Waals surface area contributed by atoms with Crippen LogP contribution in [-0.2, 0) is 4.79 Å². The number of pyridine rings is 1. The van der Waals surface area contributed by atoms with E-state index in [0.29, 0.717) is 30.1 Å². The number of aromatic hydroxyl groups is 1. The molecule has 8 nitrogen and oxygen atoms in total. The Morgan fingerprint density at radius 1 is 0.970 bits per heavy atom. The van der Waals surface area contributed by atoms with Gasteiger partial charge >= 0.3 is 0 Å². The van der Waals surface area contributed by atoms with Gasteiger partial charge in [0.2, 0.25) is 11.9 Å². The van der Waals surface area contributed by atoms with Gasteiger partial charge in [0.05, 0.1) is 7.11 Å². The smallest absolute Gasteiger partial charge is 0.222 e. The first kappa shape index (κ1) is 22.0. The zero-order valence-electron chi connectivity index (χ0n) is 18.2. The number of nitrogens with one attached hydrogen (secondary N) is 2. The van der Waals surface area contributed by atoms with Gasteiger partial charge in [0, 0.05) is 55.0 Å². The van der Waals surface area contributed by atoms with Gasteiger partial charge in [-0.05, 0) is 29.8 Å². The van der Waals surface area contributed by atoms with E-state index >= 15 is 0 Å². The van der Waals surface area contributed by atoms with Crippen LogP contribution in [0.2, 0.25) is 0 Å². The van der Waals surface area contributed by atoms with E-state index in [2.05, 4.69) is 25.6 Å². The zero-order valence-corrected chi connectivity index (χ0v) is 18.2. The number of fused-ring (bicyclic) bond motifs is 1. The Bertz CT molecular complexity index is 1220. The molecule has 0 bridgehead atoms. The van der Waals surface area contributed by atoms with Gasteiger partial charge in [0.25, 0.3) is 0 Å². The predicted molar refractivity (Wildman–Crippen MR) is 126 cm³/mol. The first-order chi connectivity index (χ1) is 16.2. The molecule has 33 heavy (non-hydrogen) atoms. The summed E-state index contributed by atoms with van der Waals surface area (Å²) in [6.07, 6.45) is 5.11. The highest BCUT2D eigenvalue weighted by Crippen LogP contribution is 2.38. The fourth-order valence-corrected chi connectivity index (χ4v) is 3.69. The van der Waals surface area contributed by atoms with Gasteiger partial charge in [0.1, 0.15) is 17.0 Å². The summed E-state index contributed by atoms with van der Waals surface area (Å²) in [5.74, 6) is 0.835. The van der Waals surface area contributed by atoms with Gasteiger partial charge in [-0.2, -0.15) is 0 Å². The number of nitrogens with zero attached hydrogens (tertiary/aromatic N) is 3. The third-order valence-electron chi connectivity index (χ3n) is 5.36. The standard InChI is InChI=1S/C25H25N5O3/c1-33-19-8-5-17(6-9-19)21(20-10-7-18-4-2-11-27-23(18)24(20)32)16-22(31)26-14-15-30-25-28-12-3-13-29-25/h2-13,21,32H,14-16H2,1H3,(H,26,31)(H,28,29,30). The Morgan fingerprint density at radius 2 is 1.73 bits per heavy atom. The van der Waals surface area contributed by atoms with E-state index in [1.165, 1.54) is 0 Å². The summed E-state index contributed by atoms with van der Waals surface area (Å²) in [5.41, 5.74) is 2.06. The molecule has 3 N–H and O–H groups in total. The maximum Gasteiger partial charge on any atom is 0.222 e. The molecule has 0 spiro atoms. The summed E-state index contributed by atoms with van der Waals surface area (Å²) in [5, 5.41) is 17.8. The molecule has 2 aromatic carbocycles. The van der Waals surface area contributed by atoms with Crippen molar-refractivity contribution in [2.75, 3.05) is 25.5 Å². The summed E-state index contributed by atoms with van der Waals surface area (Å²) in [4.78, 5) is 25.3. The fourth-order valence-electron chi connectivity index (χ4n) is 3.69. The van der Waals surface area contributed by atoms with Crippen LogP contribution in [0.4, 0.5) is 5.95 Å². The Hall–Kier alpha value is -4.20. The van der Waals surface area contributed by atoms with E-state index in [9.17, 15) is 9.90 Å². The molecule has 168 valence electrons. The van der Waals surface area contributed by atoms with Crippen molar-refractivity contribution in [3.05, 3.63) is 84.3 Å². The van der Waals surface area contributed by atoms with E-state index in [1.54, 1.807) is 31.8 Å². The highest BCUT2D eigenvalue weighted by atomic mass is 16.5. The second-order valence-electron chi connectivity index (χ2n) is 7.46. The van der Waals surface area contributed by atoms with E-state index in [1.807, 2.05) is 48.5 Å². The SMILES string of the molecule is COc1ccc(C(CC(=O)NCCNc2ncccn2)c2ccc3cccnc3c2O)cc1. The second-order valence-corrected chi connectivity index (χ2v) is 7.46. The van der Waals surface area contributed by atoms with Crippen molar-refractivity contribution < 1.29 is 14.6 Å². The van der Waals surface area contributed by atoms with Gasteiger partial charge in [-0.3, -0.25) is 9.78 Å². The van der Waals surface area contributed by atoms with Crippen LogP contribution in [0.25, 0.3) is 10.9 Å². The van der Waals surface area contributed by atoms with Crippen LogP contribution in [0.15, 0.2) is 73.2 Å². The first-order valence-electron chi connectivity index (χ1n) is 10.6. The summed E-state index contributed by atoms with van der Waals surface area (Å²) in [6.45, 7) is 0.909. The fraction of sp³-hybridized carbons (Fsp3) is 0.200. The number of ether oxygens (including phenoxy) is 1. The monoisotopic (exact) mass is 443 g/mol. The molecule has 2 aromatic heterocycles. The zero-order chi connectivity index (χ0) is 23.0. The molecule has 2 heterocycles. The minimum absolute atomic E-state index is 0.0876. The lowest BCUT2D eigenvalue weighted by molar-refractivity contribution is -0.121. The summed E-state index contributed by atoms with van der Waals surface area (Å²) in [6, 6.07) is 16.7. The molecule has 1 unspecified atom stereocenters. The largest absolute Gasteiger partial charge is 0.505 e. The maximum absolute atomic E-state index is 12.8. The molecule has 0 fully saturated rings. The topological polar surface area (TPSA) is 109 Å². The van der Waals surface area contributed by atoms with Crippen LogP contribution >= 0.6 is 0 Å². The Morgan fingerprint density at radius 3 is 2.48 bits per heavy atom. The number of aromatic nitrogens is 3. The Kier molecular flexibility index (Phi) is 6.94. The molecule has 1 amide bonds. The second kappa shape index (κ2) is 10.4. The van der Waals surface area contributed by atoms with Crippen LogP contribution in [0.5, 0.6) is 11.5 Å². The molecule has 4 aromatic rings. The number of benzene rings is 2. The number of rotatable bonds is 9. The van der Waals surface area contributed by atoms with Crippen LogP contribution in [0.1, 0.15) is 23.5 Å². The van der Waals surface area contributed by atoms with Crippen molar-refractivity contribution in [1.29, 1.82) is 0 Å². The number of methoxy groups -OCH3 is 1. The van der Waals surface area contributed by atoms with E-state index in [4.69, 9.17) is 4.74 Å². The lowest BCUT2D eigenvalue weighted by atomic mass is 9.87. The lowest BCUT2D eigenvalue weighted by Crippen LogP contribution is -2.30. The van der Waals surface area contributed by atoms with Crippen molar-refractivity contribution in [1.82, 2.24) is 20.3 Å². The normalized spacial score (nSPS) is 11.7. The van der Waals surface area contributed by atoms with Crippen LogP contribution in [0, 0.1) is 0 Å². The Labute approximate surface area is 191 Å². The number of phenolic OH excluding ortho intramolecular Hbond substituents is 1. The average Bonchev–Trinajstić information content (AvgIpc) is 2.87. The minimum atomic E-state index is -0.354. The molecule has 0 radical (unpaired) electrons. The molecular formula is C25H25N5O3.